The minimum atomic E-state index is -0.348. The van der Waals surface area contributed by atoms with E-state index in [1.807, 2.05) is 31.2 Å². The molecule has 3 heterocycles. The van der Waals surface area contributed by atoms with Gasteiger partial charge in [0.05, 0.1) is 18.8 Å². The van der Waals surface area contributed by atoms with Crippen LogP contribution in [0.1, 0.15) is 18.2 Å². The van der Waals surface area contributed by atoms with Crippen LogP contribution in [-0.4, -0.2) is 35.6 Å². The van der Waals surface area contributed by atoms with Crippen molar-refractivity contribution in [2.45, 2.75) is 19.6 Å². The van der Waals surface area contributed by atoms with E-state index >= 15 is 0 Å². The van der Waals surface area contributed by atoms with Crippen molar-refractivity contribution in [3.05, 3.63) is 59.8 Å². The first kappa shape index (κ1) is 17.4. The molecule has 6 nitrogen and oxygen atoms in total. The fourth-order valence-electron chi connectivity index (χ4n) is 2.90. The molecule has 0 fully saturated rings. The number of anilines is 1. The first-order valence-corrected chi connectivity index (χ1v) is 8.64. The Labute approximate surface area is 156 Å². The van der Waals surface area contributed by atoms with Crippen molar-refractivity contribution in [3.8, 4) is 5.88 Å². The van der Waals surface area contributed by atoms with E-state index in [-0.39, 0.29) is 11.9 Å². The van der Waals surface area contributed by atoms with Gasteiger partial charge in [0.2, 0.25) is 5.88 Å². The van der Waals surface area contributed by atoms with Gasteiger partial charge in [-0.1, -0.05) is 0 Å². The zero-order chi connectivity index (χ0) is 18.8. The van der Waals surface area contributed by atoms with Crippen LogP contribution in [0, 0.1) is 5.82 Å². The number of nitrogens with one attached hydrogen (secondary N) is 1. The molecule has 0 radical (unpaired) electrons. The predicted molar refractivity (Wildman–Crippen MR) is 102 cm³/mol. The van der Waals surface area contributed by atoms with E-state index in [1.165, 1.54) is 12.3 Å². The Hall–Kier alpha value is -3.06. The van der Waals surface area contributed by atoms with Crippen LogP contribution in [0.5, 0.6) is 5.88 Å². The molecule has 1 aromatic carbocycles. The lowest BCUT2D eigenvalue weighted by Crippen LogP contribution is -2.16. The van der Waals surface area contributed by atoms with Gasteiger partial charge in [0, 0.05) is 29.9 Å². The number of aromatic nitrogens is 2. The summed E-state index contributed by atoms with van der Waals surface area (Å²) in [5, 5.41) is 5.18. The van der Waals surface area contributed by atoms with Crippen LogP contribution in [0.2, 0.25) is 0 Å². The molecule has 1 N–H and O–H groups in total. The molecule has 0 aliphatic carbocycles. The van der Waals surface area contributed by atoms with E-state index in [0.717, 1.165) is 22.0 Å². The lowest BCUT2D eigenvalue weighted by atomic mass is 10.1. The molecule has 0 saturated carbocycles. The van der Waals surface area contributed by atoms with Gasteiger partial charge >= 0.3 is 0 Å². The quantitative estimate of drug-likeness (QED) is 0.748. The van der Waals surface area contributed by atoms with Crippen molar-refractivity contribution in [2.24, 2.45) is 4.99 Å². The topological polar surface area (TPSA) is 68.6 Å². The summed E-state index contributed by atoms with van der Waals surface area (Å²) in [7, 11) is 1.65. The smallest absolute Gasteiger partial charge is 0.221 e. The minimum Gasteiger partial charge on any atom is -0.474 e. The molecular formula is C20H19FN4O2. The maximum Gasteiger partial charge on any atom is 0.221 e. The van der Waals surface area contributed by atoms with E-state index in [1.54, 1.807) is 13.3 Å². The van der Waals surface area contributed by atoms with Crippen LogP contribution in [0.4, 0.5) is 10.1 Å². The predicted octanol–water partition coefficient (Wildman–Crippen LogP) is 3.55. The summed E-state index contributed by atoms with van der Waals surface area (Å²) in [6.45, 7) is 2.79. The molecule has 4 rings (SSSR count). The Morgan fingerprint density at radius 3 is 2.96 bits per heavy atom. The van der Waals surface area contributed by atoms with Gasteiger partial charge in [0.15, 0.2) is 5.84 Å². The molecule has 1 aliphatic heterocycles. The number of benzene rings is 1. The van der Waals surface area contributed by atoms with Gasteiger partial charge in [-0.15, -0.1) is 0 Å². The summed E-state index contributed by atoms with van der Waals surface area (Å²) < 4.78 is 24.3. The lowest BCUT2D eigenvalue weighted by Gasteiger charge is -2.13. The number of halogens is 1. The minimum absolute atomic E-state index is 0.0132. The van der Waals surface area contributed by atoms with E-state index in [4.69, 9.17) is 9.47 Å². The normalized spacial score (nSPS) is 14.0. The van der Waals surface area contributed by atoms with Crippen molar-refractivity contribution in [2.75, 3.05) is 19.0 Å². The van der Waals surface area contributed by atoms with Gasteiger partial charge in [-0.25, -0.2) is 14.4 Å². The number of fused-ring (bicyclic) bond motifs is 2. The van der Waals surface area contributed by atoms with E-state index in [0.29, 0.717) is 30.6 Å². The van der Waals surface area contributed by atoms with E-state index in [9.17, 15) is 4.39 Å². The molecule has 138 valence electrons. The maximum atomic E-state index is 13.3. The van der Waals surface area contributed by atoms with Crippen LogP contribution in [-0.2, 0) is 11.3 Å². The van der Waals surface area contributed by atoms with Gasteiger partial charge in [0.1, 0.15) is 18.1 Å². The number of ether oxygens (including phenoxy) is 2. The Balaban J connectivity index is 1.57. The van der Waals surface area contributed by atoms with Crippen molar-refractivity contribution in [3.63, 3.8) is 0 Å². The molecule has 27 heavy (non-hydrogen) atoms. The van der Waals surface area contributed by atoms with Gasteiger partial charge in [-0.05, 0) is 42.6 Å². The number of hydrogen-bond donors (Lipinski definition) is 1. The average molecular weight is 366 g/mol. The molecular weight excluding hydrogens is 347 g/mol. The second kappa shape index (κ2) is 7.28. The standard InChI is InChI=1S/C20H19FN4O2/c1-12(26-2)11-27-20-17-4-3-16(8-13(17)5-6-22-20)25-19-18-14(9-24-19)7-15(21)10-23-18/h3-8,10,12H,9,11H2,1-2H3,(H,24,25)/t12-/m1/s1. The number of rotatable bonds is 5. The van der Waals surface area contributed by atoms with Gasteiger partial charge < -0.3 is 14.8 Å². The SMILES string of the molecule is CO[C@H](C)COc1nccc2cc(NC3=NCc4cc(F)cnc43)ccc12. The summed E-state index contributed by atoms with van der Waals surface area (Å²) in [4.78, 5) is 12.9. The first-order valence-electron chi connectivity index (χ1n) is 8.64. The maximum absolute atomic E-state index is 13.3. The Morgan fingerprint density at radius 2 is 2.11 bits per heavy atom. The third-order valence-electron chi connectivity index (χ3n) is 4.41. The number of methoxy groups -OCH3 is 1. The van der Waals surface area contributed by atoms with Crippen LogP contribution in [0.25, 0.3) is 10.8 Å². The van der Waals surface area contributed by atoms with E-state index < -0.39 is 0 Å². The summed E-state index contributed by atoms with van der Waals surface area (Å²) in [6, 6.07) is 9.27. The summed E-state index contributed by atoms with van der Waals surface area (Å²) in [6.07, 6.45) is 2.91. The van der Waals surface area contributed by atoms with Gasteiger partial charge in [-0.2, -0.15) is 0 Å². The number of nitrogens with zero attached hydrogens (tertiary/aromatic N) is 3. The van der Waals surface area contributed by atoms with Crippen LogP contribution in [0.15, 0.2) is 47.7 Å². The third-order valence-corrected chi connectivity index (χ3v) is 4.41. The number of aliphatic imine (C=N–C) groups is 1. The molecule has 3 aromatic rings. The van der Waals surface area contributed by atoms with Crippen molar-refractivity contribution < 1.29 is 13.9 Å². The number of amidine groups is 1. The zero-order valence-electron chi connectivity index (χ0n) is 15.1. The molecule has 7 heteroatoms. The first-order chi connectivity index (χ1) is 13.1. The fourth-order valence-corrected chi connectivity index (χ4v) is 2.90. The molecule has 0 unspecified atom stereocenters. The third kappa shape index (κ3) is 3.59. The van der Waals surface area contributed by atoms with Crippen molar-refractivity contribution >= 4 is 22.3 Å². The monoisotopic (exact) mass is 366 g/mol. The molecule has 0 amide bonds. The van der Waals surface area contributed by atoms with Crippen LogP contribution in [0.3, 0.4) is 0 Å². The largest absolute Gasteiger partial charge is 0.474 e. The number of pyridine rings is 2. The van der Waals surface area contributed by atoms with Crippen LogP contribution < -0.4 is 10.1 Å². The summed E-state index contributed by atoms with van der Waals surface area (Å²) >= 11 is 0. The molecule has 0 bridgehead atoms. The molecule has 2 aromatic heterocycles. The van der Waals surface area contributed by atoms with Gasteiger partial charge in [-0.3, -0.25) is 4.99 Å². The lowest BCUT2D eigenvalue weighted by molar-refractivity contribution is 0.0706. The van der Waals surface area contributed by atoms with Crippen molar-refractivity contribution in [1.29, 1.82) is 0 Å². The zero-order valence-corrected chi connectivity index (χ0v) is 15.1. The van der Waals surface area contributed by atoms with E-state index in [2.05, 4.69) is 20.3 Å². The highest BCUT2D eigenvalue weighted by Gasteiger charge is 2.18. The Kier molecular flexibility index (Phi) is 4.68. The highest BCUT2D eigenvalue weighted by molar-refractivity contribution is 6.10. The Bertz CT molecular complexity index is 1020. The Morgan fingerprint density at radius 1 is 1.22 bits per heavy atom. The second-order valence-electron chi connectivity index (χ2n) is 6.36. The van der Waals surface area contributed by atoms with Gasteiger partial charge in [0.25, 0.3) is 0 Å². The molecule has 1 atom stereocenters. The fraction of sp³-hybridized carbons (Fsp3) is 0.250. The summed E-state index contributed by atoms with van der Waals surface area (Å²) in [5.74, 6) is 0.867. The summed E-state index contributed by atoms with van der Waals surface area (Å²) in [5.41, 5.74) is 2.33. The molecule has 1 aliphatic rings. The molecule has 0 spiro atoms. The number of hydrogen-bond acceptors (Lipinski definition) is 6. The van der Waals surface area contributed by atoms with Crippen molar-refractivity contribution in [1.82, 2.24) is 9.97 Å². The second-order valence-corrected chi connectivity index (χ2v) is 6.36. The van der Waals surface area contributed by atoms with Crippen LogP contribution >= 0.6 is 0 Å². The molecule has 0 saturated heterocycles. The average Bonchev–Trinajstić information content (AvgIpc) is 3.07. The highest BCUT2D eigenvalue weighted by atomic mass is 19.1. The highest BCUT2D eigenvalue weighted by Crippen LogP contribution is 2.27.